The van der Waals surface area contributed by atoms with E-state index in [1.807, 2.05) is 6.92 Å². The molecule has 1 rings (SSSR count). The number of benzene rings is 1. The lowest BCUT2D eigenvalue weighted by molar-refractivity contribution is 0.00685. The number of methoxy groups -OCH3 is 1. The summed E-state index contributed by atoms with van der Waals surface area (Å²) in [7, 11) is 1.76. The van der Waals surface area contributed by atoms with Gasteiger partial charge in [0.15, 0.2) is 0 Å². The molecule has 108 valence electrons. The molecule has 0 aliphatic rings. The minimum absolute atomic E-state index is 0.150. The van der Waals surface area contributed by atoms with Gasteiger partial charge >= 0.3 is 0 Å². The van der Waals surface area contributed by atoms with Crippen LogP contribution in [0.25, 0.3) is 0 Å². The molecule has 0 fully saturated rings. The standard InChI is InChI=1S/C16H26ClNO/c1-6-9-18-15(11-16(3,4)19-5)13-8-7-12(2)14(17)10-13/h7-8,10,15,18H,6,9,11H2,1-5H3. The second-order valence-corrected chi connectivity index (χ2v) is 6.09. The molecule has 1 atom stereocenters. The Labute approximate surface area is 122 Å². The van der Waals surface area contributed by atoms with Crippen LogP contribution in [0.4, 0.5) is 0 Å². The van der Waals surface area contributed by atoms with Crippen molar-refractivity contribution in [1.82, 2.24) is 5.32 Å². The smallest absolute Gasteiger partial charge is 0.0640 e. The van der Waals surface area contributed by atoms with Crippen LogP contribution in [-0.2, 0) is 4.74 Å². The highest BCUT2D eigenvalue weighted by molar-refractivity contribution is 6.31. The summed E-state index contributed by atoms with van der Waals surface area (Å²) in [5, 5.41) is 4.41. The first-order chi connectivity index (χ1) is 8.89. The van der Waals surface area contributed by atoms with Gasteiger partial charge in [-0.3, -0.25) is 0 Å². The van der Waals surface area contributed by atoms with E-state index in [1.165, 1.54) is 5.56 Å². The largest absolute Gasteiger partial charge is 0.379 e. The van der Waals surface area contributed by atoms with Gasteiger partial charge in [0, 0.05) is 18.2 Å². The van der Waals surface area contributed by atoms with Gasteiger partial charge in [0.25, 0.3) is 0 Å². The van der Waals surface area contributed by atoms with Gasteiger partial charge in [-0.1, -0.05) is 30.7 Å². The molecule has 0 radical (unpaired) electrons. The van der Waals surface area contributed by atoms with Crippen molar-refractivity contribution in [2.24, 2.45) is 0 Å². The van der Waals surface area contributed by atoms with Crippen molar-refractivity contribution < 1.29 is 4.74 Å². The SMILES string of the molecule is CCCNC(CC(C)(C)OC)c1ccc(C)c(Cl)c1. The Bertz CT molecular complexity index is 404. The van der Waals surface area contributed by atoms with Crippen LogP contribution in [-0.4, -0.2) is 19.3 Å². The van der Waals surface area contributed by atoms with E-state index in [0.717, 1.165) is 30.0 Å². The fourth-order valence-corrected chi connectivity index (χ4v) is 2.22. The highest BCUT2D eigenvalue weighted by Crippen LogP contribution is 2.28. The van der Waals surface area contributed by atoms with Crippen molar-refractivity contribution in [2.45, 2.75) is 52.2 Å². The van der Waals surface area contributed by atoms with Gasteiger partial charge in [-0.2, -0.15) is 0 Å². The molecule has 0 aromatic heterocycles. The van der Waals surface area contributed by atoms with Gasteiger partial charge in [-0.15, -0.1) is 0 Å². The summed E-state index contributed by atoms with van der Waals surface area (Å²) in [5.41, 5.74) is 2.20. The third-order valence-electron chi connectivity index (χ3n) is 3.49. The molecule has 0 spiro atoms. The molecule has 1 aromatic carbocycles. The molecule has 0 saturated heterocycles. The molecule has 1 unspecified atom stereocenters. The van der Waals surface area contributed by atoms with E-state index in [2.05, 4.69) is 44.3 Å². The van der Waals surface area contributed by atoms with Gasteiger partial charge in [0.05, 0.1) is 5.60 Å². The topological polar surface area (TPSA) is 21.3 Å². The Morgan fingerprint density at radius 2 is 2.05 bits per heavy atom. The fourth-order valence-electron chi connectivity index (χ4n) is 2.03. The van der Waals surface area contributed by atoms with Crippen molar-refractivity contribution in [2.75, 3.05) is 13.7 Å². The molecular formula is C16H26ClNO. The maximum absolute atomic E-state index is 6.24. The molecule has 1 N–H and O–H groups in total. The Hall–Kier alpha value is -0.570. The second-order valence-electron chi connectivity index (χ2n) is 5.68. The van der Waals surface area contributed by atoms with Crippen molar-refractivity contribution >= 4 is 11.6 Å². The van der Waals surface area contributed by atoms with Crippen LogP contribution in [0, 0.1) is 6.92 Å². The predicted octanol–water partition coefficient (Wildman–Crippen LogP) is 4.50. The molecule has 0 bridgehead atoms. The number of rotatable bonds is 7. The van der Waals surface area contributed by atoms with Gasteiger partial charge in [-0.25, -0.2) is 0 Å². The predicted molar refractivity (Wildman–Crippen MR) is 82.9 cm³/mol. The fraction of sp³-hybridized carbons (Fsp3) is 0.625. The Morgan fingerprint density at radius 1 is 1.37 bits per heavy atom. The number of hydrogen-bond acceptors (Lipinski definition) is 2. The Kier molecular flexibility index (Phi) is 6.31. The van der Waals surface area contributed by atoms with Crippen LogP contribution >= 0.6 is 11.6 Å². The summed E-state index contributed by atoms with van der Waals surface area (Å²) in [6, 6.07) is 6.57. The molecule has 0 aliphatic heterocycles. The van der Waals surface area contributed by atoms with Gasteiger partial charge < -0.3 is 10.1 Å². The average Bonchev–Trinajstić information content (AvgIpc) is 2.38. The lowest BCUT2D eigenvalue weighted by Crippen LogP contribution is -2.32. The minimum atomic E-state index is -0.150. The third-order valence-corrected chi connectivity index (χ3v) is 3.89. The number of ether oxygens (including phenoxy) is 1. The van der Waals surface area contributed by atoms with Crippen molar-refractivity contribution in [3.63, 3.8) is 0 Å². The van der Waals surface area contributed by atoms with E-state index in [-0.39, 0.29) is 11.6 Å². The zero-order valence-corrected chi connectivity index (χ0v) is 13.5. The molecule has 1 aromatic rings. The third kappa shape index (κ3) is 5.13. The lowest BCUT2D eigenvalue weighted by Gasteiger charge is -2.29. The average molecular weight is 284 g/mol. The highest BCUT2D eigenvalue weighted by Gasteiger charge is 2.23. The number of halogens is 1. The van der Waals surface area contributed by atoms with E-state index in [9.17, 15) is 0 Å². The summed E-state index contributed by atoms with van der Waals surface area (Å²) < 4.78 is 5.55. The first-order valence-corrected chi connectivity index (χ1v) is 7.32. The van der Waals surface area contributed by atoms with E-state index in [0.29, 0.717) is 0 Å². The number of nitrogens with one attached hydrogen (secondary N) is 1. The van der Waals surface area contributed by atoms with Gasteiger partial charge in [0.1, 0.15) is 0 Å². The van der Waals surface area contributed by atoms with Crippen LogP contribution in [0.1, 0.15) is 50.8 Å². The van der Waals surface area contributed by atoms with Crippen LogP contribution in [0.15, 0.2) is 18.2 Å². The zero-order valence-electron chi connectivity index (χ0n) is 12.7. The monoisotopic (exact) mass is 283 g/mol. The van der Waals surface area contributed by atoms with Crippen molar-refractivity contribution in [1.29, 1.82) is 0 Å². The summed E-state index contributed by atoms with van der Waals surface area (Å²) in [6.07, 6.45) is 2.03. The van der Waals surface area contributed by atoms with E-state index >= 15 is 0 Å². The highest BCUT2D eigenvalue weighted by atomic mass is 35.5. The van der Waals surface area contributed by atoms with E-state index in [1.54, 1.807) is 7.11 Å². The van der Waals surface area contributed by atoms with Crippen LogP contribution in [0.5, 0.6) is 0 Å². The molecule has 3 heteroatoms. The molecule has 0 saturated carbocycles. The van der Waals surface area contributed by atoms with Crippen LogP contribution < -0.4 is 5.32 Å². The first kappa shape index (κ1) is 16.5. The van der Waals surface area contributed by atoms with E-state index < -0.39 is 0 Å². The van der Waals surface area contributed by atoms with Crippen molar-refractivity contribution in [3.05, 3.63) is 34.3 Å². The molecule has 19 heavy (non-hydrogen) atoms. The minimum Gasteiger partial charge on any atom is -0.379 e. The summed E-state index contributed by atoms with van der Waals surface area (Å²) in [5.74, 6) is 0. The zero-order chi connectivity index (χ0) is 14.5. The normalized spacial score (nSPS) is 13.6. The molecule has 0 aliphatic carbocycles. The number of aryl methyl sites for hydroxylation is 1. The summed E-state index contributed by atoms with van der Waals surface area (Å²) in [4.78, 5) is 0. The van der Waals surface area contributed by atoms with Crippen LogP contribution in [0.2, 0.25) is 5.02 Å². The van der Waals surface area contributed by atoms with Crippen molar-refractivity contribution in [3.8, 4) is 0 Å². The van der Waals surface area contributed by atoms with Gasteiger partial charge in [0.2, 0.25) is 0 Å². The van der Waals surface area contributed by atoms with Crippen LogP contribution in [0.3, 0.4) is 0 Å². The second kappa shape index (κ2) is 7.28. The first-order valence-electron chi connectivity index (χ1n) is 6.94. The summed E-state index contributed by atoms with van der Waals surface area (Å²) in [6.45, 7) is 9.43. The quantitative estimate of drug-likeness (QED) is 0.795. The maximum atomic E-state index is 6.24. The Morgan fingerprint density at radius 3 is 2.58 bits per heavy atom. The van der Waals surface area contributed by atoms with Gasteiger partial charge in [-0.05, 0) is 57.4 Å². The lowest BCUT2D eigenvalue weighted by atomic mass is 9.93. The molecule has 0 amide bonds. The number of hydrogen-bond donors (Lipinski definition) is 1. The summed E-state index contributed by atoms with van der Waals surface area (Å²) >= 11 is 6.24. The molecule has 2 nitrogen and oxygen atoms in total. The van der Waals surface area contributed by atoms with E-state index in [4.69, 9.17) is 16.3 Å². The Balaban J connectivity index is 2.92. The maximum Gasteiger partial charge on any atom is 0.0640 e. The molecular weight excluding hydrogens is 258 g/mol. The molecule has 0 heterocycles.